The first kappa shape index (κ1) is 15.6. The maximum absolute atomic E-state index is 13.9. The first-order chi connectivity index (χ1) is 9.51. The van der Waals surface area contributed by atoms with Gasteiger partial charge in [0.1, 0.15) is 5.82 Å². The predicted octanol–water partition coefficient (Wildman–Crippen LogP) is 4.41. The van der Waals surface area contributed by atoms with Gasteiger partial charge in [0.25, 0.3) is 0 Å². The fraction of sp³-hybridized carbons (Fsp3) is 0.200. The minimum atomic E-state index is -0.227. The topological polar surface area (TPSA) is 38.0 Å². The number of rotatable bonds is 4. The number of aryl methyl sites for hydroxylation is 1. The molecule has 2 aromatic rings. The molecule has 5 heteroatoms. The molecular formula is C15H15Br2FN2. The van der Waals surface area contributed by atoms with Crippen LogP contribution in [-0.4, -0.2) is 0 Å². The van der Waals surface area contributed by atoms with Crippen molar-refractivity contribution in [1.29, 1.82) is 0 Å². The molecule has 0 radical (unpaired) electrons. The van der Waals surface area contributed by atoms with E-state index in [4.69, 9.17) is 5.84 Å². The van der Waals surface area contributed by atoms with E-state index in [-0.39, 0.29) is 11.9 Å². The van der Waals surface area contributed by atoms with Crippen molar-refractivity contribution in [3.8, 4) is 0 Å². The van der Waals surface area contributed by atoms with Crippen LogP contribution in [0.25, 0.3) is 0 Å². The van der Waals surface area contributed by atoms with Gasteiger partial charge in [0.15, 0.2) is 0 Å². The van der Waals surface area contributed by atoms with E-state index in [9.17, 15) is 4.39 Å². The highest BCUT2D eigenvalue weighted by Crippen LogP contribution is 2.26. The largest absolute Gasteiger partial charge is 0.271 e. The van der Waals surface area contributed by atoms with Crippen molar-refractivity contribution in [3.05, 3.63) is 67.9 Å². The van der Waals surface area contributed by atoms with Crippen LogP contribution in [0.1, 0.15) is 22.7 Å². The van der Waals surface area contributed by atoms with Crippen molar-refractivity contribution in [2.45, 2.75) is 19.4 Å². The average molecular weight is 402 g/mol. The number of hydrogen-bond acceptors (Lipinski definition) is 2. The van der Waals surface area contributed by atoms with Gasteiger partial charge >= 0.3 is 0 Å². The van der Waals surface area contributed by atoms with E-state index in [1.807, 2.05) is 31.2 Å². The fourth-order valence-electron chi connectivity index (χ4n) is 2.20. The summed E-state index contributed by atoms with van der Waals surface area (Å²) in [6.07, 6.45) is 0.498. The van der Waals surface area contributed by atoms with E-state index in [0.29, 0.717) is 12.0 Å². The van der Waals surface area contributed by atoms with Gasteiger partial charge in [-0.25, -0.2) is 4.39 Å². The van der Waals surface area contributed by atoms with Gasteiger partial charge < -0.3 is 0 Å². The maximum Gasteiger partial charge on any atom is 0.127 e. The van der Waals surface area contributed by atoms with Crippen LogP contribution in [0, 0.1) is 12.7 Å². The number of halogens is 3. The Morgan fingerprint density at radius 3 is 2.40 bits per heavy atom. The lowest BCUT2D eigenvalue weighted by Gasteiger charge is -2.19. The molecule has 20 heavy (non-hydrogen) atoms. The van der Waals surface area contributed by atoms with E-state index in [0.717, 1.165) is 20.1 Å². The molecule has 106 valence electrons. The zero-order chi connectivity index (χ0) is 14.7. The van der Waals surface area contributed by atoms with E-state index in [1.165, 1.54) is 6.07 Å². The van der Waals surface area contributed by atoms with Gasteiger partial charge in [0, 0.05) is 8.95 Å². The summed E-state index contributed by atoms with van der Waals surface area (Å²) in [4.78, 5) is 0. The summed E-state index contributed by atoms with van der Waals surface area (Å²) in [7, 11) is 0. The van der Waals surface area contributed by atoms with Crippen molar-refractivity contribution < 1.29 is 4.39 Å². The number of benzene rings is 2. The van der Waals surface area contributed by atoms with E-state index in [1.54, 1.807) is 6.07 Å². The van der Waals surface area contributed by atoms with Crippen LogP contribution in [-0.2, 0) is 6.42 Å². The SMILES string of the molecule is Cc1cc(Br)ccc1C(Cc1ccc(Br)cc1F)NN. The third kappa shape index (κ3) is 3.67. The molecular weight excluding hydrogens is 387 g/mol. The van der Waals surface area contributed by atoms with Crippen LogP contribution in [0.15, 0.2) is 45.3 Å². The Morgan fingerprint density at radius 2 is 1.80 bits per heavy atom. The molecule has 0 aliphatic carbocycles. The molecule has 2 rings (SSSR count). The number of hydrogen-bond donors (Lipinski definition) is 2. The third-order valence-electron chi connectivity index (χ3n) is 3.25. The van der Waals surface area contributed by atoms with Crippen molar-refractivity contribution in [3.63, 3.8) is 0 Å². The lowest BCUT2D eigenvalue weighted by Crippen LogP contribution is -2.30. The van der Waals surface area contributed by atoms with Crippen molar-refractivity contribution in [1.82, 2.24) is 5.43 Å². The normalized spacial score (nSPS) is 12.4. The summed E-state index contributed by atoms with van der Waals surface area (Å²) in [5, 5.41) is 0. The van der Waals surface area contributed by atoms with Gasteiger partial charge in [-0.3, -0.25) is 11.3 Å². The Labute approximate surface area is 134 Å². The van der Waals surface area contributed by atoms with E-state index in [2.05, 4.69) is 37.3 Å². The summed E-state index contributed by atoms with van der Waals surface area (Å²) in [6, 6.07) is 10.9. The Morgan fingerprint density at radius 1 is 1.15 bits per heavy atom. The van der Waals surface area contributed by atoms with Gasteiger partial charge in [-0.2, -0.15) is 0 Å². The van der Waals surface area contributed by atoms with Gasteiger partial charge in [-0.05, 0) is 54.3 Å². The number of nitrogens with one attached hydrogen (secondary N) is 1. The second kappa shape index (κ2) is 6.80. The van der Waals surface area contributed by atoms with Crippen molar-refractivity contribution in [2.24, 2.45) is 5.84 Å². The zero-order valence-corrected chi connectivity index (χ0v) is 14.1. The van der Waals surface area contributed by atoms with Gasteiger partial charge in [-0.1, -0.05) is 44.0 Å². The minimum Gasteiger partial charge on any atom is -0.271 e. The van der Waals surface area contributed by atoms with Crippen LogP contribution in [0.5, 0.6) is 0 Å². The molecule has 0 amide bonds. The zero-order valence-electron chi connectivity index (χ0n) is 11.0. The Hall–Kier alpha value is -0.750. The fourth-order valence-corrected chi connectivity index (χ4v) is 3.00. The highest BCUT2D eigenvalue weighted by molar-refractivity contribution is 9.10. The Balaban J connectivity index is 2.28. The summed E-state index contributed by atoms with van der Waals surface area (Å²) in [5.74, 6) is 5.42. The molecule has 1 atom stereocenters. The molecule has 0 saturated heterocycles. The maximum atomic E-state index is 13.9. The van der Waals surface area contributed by atoms with Crippen LogP contribution >= 0.6 is 31.9 Å². The highest BCUT2D eigenvalue weighted by atomic mass is 79.9. The Bertz CT molecular complexity index is 617. The minimum absolute atomic E-state index is 0.126. The van der Waals surface area contributed by atoms with E-state index < -0.39 is 0 Å². The number of nitrogens with two attached hydrogens (primary N) is 1. The van der Waals surface area contributed by atoms with E-state index >= 15 is 0 Å². The molecule has 0 bridgehead atoms. The standard InChI is InChI=1S/C15H15Br2FN2/c1-9-6-11(16)4-5-13(9)15(20-19)7-10-2-3-12(17)8-14(10)18/h2-6,8,15,20H,7,19H2,1H3. The smallest absolute Gasteiger partial charge is 0.127 e. The summed E-state index contributed by atoms with van der Waals surface area (Å²) < 4.78 is 15.7. The van der Waals surface area contributed by atoms with Gasteiger partial charge in [0.05, 0.1) is 6.04 Å². The molecule has 1 unspecified atom stereocenters. The second-order valence-electron chi connectivity index (χ2n) is 4.66. The molecule has 0 fully saturated rings. The molecule has 0 aromatic heterocycles. The molecule has 0 heterocycles. The van der Waals surface area contributed by atoms with Gasteiger partial charge in [-0.15, -0.1) is 0 Å². The first-order valence-corrected chi connectivity index (χ1v) is 7.76. The molecule has 2 aromatic carbocycles. The molecule has 0 saturated carbocycles. The molecule has 0 aliphatic rings. The van der Waals surface area contributed by atoms with Crippen molar-refractivity contribution >= 4 is 31.9 Å². The quantitative estimate of drug-likeness (QED) is 0.588. The summed E-state index contributed by atoms with van der Waals surface area (Å²) >= 11 is 6.70. The first-order valence-electron chi connectivity index (χ1n) is 6.17. The molecule has 2 nitrogen and oxygen atoms in total. The van der Waals surface area contributed by atoms with Crippen molar-refractivity contribution in [2.75, 3.05) is 0 Å². The lowest BCUT2D eigenvalue weighted by atomic mass is 9.96. The highest BCUT2D eigenvalue weighted by Gasteiger charge is 2.15. The Kier molecular flexibility index (Phi) is 5.32. The average Bonchev–Trinajstić information content (AvgIpc) is 2.39. The molecule has 3 N–H and O–H groups in total. The molecule has 0 spiro atoms. The lowest BCUT2D eigenvalue weighted by molar-refractivity contribution is 0.527. The van der Waals surface area contributed by atoms with Gasteiger partial charge in [0.2, 0.25) is 0 Å². The van der Waals surface area contributed by atoms with Crippen LogP contribution < -0.4 is 11.3 Å². The predicted molar refractivity (Wildman–Crippen MR) is 86.7 cm³/mol. The summed E-state index contributed by atoms with van der Waals surface area (Å²) in [6.45, 7) is 2.02. The second-order valence-corrected chi connectivity index (χ2v) is 6.49. The third-order valence-corrected chi connectivity index (χ3v) is 4.23. The summed E-state index contributed by atoms with van der Waals surface area (Å²) in [5.41, 5.74) is 5.59. The number of hydrazine groups is 1. The van der Waals surface area contributed by atoms with Crippen LogP contribution in [0.4, 0.5) is 4.39 Å². The van der Waals surface area contributed by atoms with Crippen LogP contribution in [0.3, 0.4) is 0 Å². The molecule has 0 aliphatic heterocycles. The van der Waals surface area contributed by atoms with Crippen LogP contribution in [0.2, 0.25) is 0 Å². The monoisotopic (exact) mass is 400 g/mol.